The van der Waals surface area contributed by atoms with Crippen LogP contribution in [-0.2, 0) is 5.88 Å². The molecule has 0 spiro atoms. The smallest absolute Gasteiger partial charge is 0.389 e. The molecule has 90 valence electrons. The van der Waals surface area contributed by atoms with Crippen molar-refractivity contribution in [3.63, 3.8) is 0 Å². The zero-order valence-corrected chi connectivity index (χ0v) is 9.18. The van der Waals surface area contributed by atoms with Gasteiger partial charge in [0.25, 0.3) is 0 Å². The van der Waals surface area contributed by atoms with E-state index in [0.717, 1.165) is 5.56 Å². The van der Waals surface area contributed by atoms with Crippen LogP contribution in [0.2, 0.25) is 0 Å². The van der Waals surface area contributed by atoms with Gasteiger partial charge in [-0.1, -0.05) is 0 Å². The maximum absolute atomic E-state index is 11.8. The van der Waals surface area contributed by atoms with Crippen LogP contribution >= 0.6 is 11.6 Å². The topological polar surface area (TPSA) is 22.1 Å². The summed E-state index contributed by atoms with van der Waals surface area (Å²) >= 11 is 5.59. The molecule has 0 fully saturated rings. The van der Waals surface area contributed by atoms with Crippen molar-refractivity contribution in [3.05, 3.63) is 23.9 Å². The molecule has 0 saturated carbocycles. The molecule has 0 atom stereocenters. The highest BCUT2D eigenvalue weighted by Gasteiger charge is 2.26. The van der Waals surface area contributed by atoms with Crippen molar-refractivity contribution in [2.75, 3.05) is 6.61 Å². The van der Waals surface area contributed by atoms with Crippen LogP contribution in [0, 0.1) is 0 Å². The third kappa shape index (κ3) is 5.21. The molecular weight excluding hydrogens is 243 g/mol. The van der Waals surface area contributed by atoms with E-state index in [4.69, 9.17) is 16.3 Å². The van der Waals surface area contributed by atoms with E-state index >= 15 is 0 Å². The molecular formula is C10H11ClF3NO. The fourth-order valence-corrected chi connectivity index (χ4v) is 1.23. The van der Waals surface area contributed by atoms with E-state index in [1.165, 1.54) is 6.20 Å². The average molecular weight is 254 g/mol. The molecule has 0 unspecified atom stereocenters. The molecule has 0 bridgehead atoms. The molecule has 16 heavy (non-hydrogen) atoms. The molecule has 0 aliphatic carbocycles. The molecule has 1 aromatic rings. The Hall–Kier alpha value is -0.970. The predicted molar refractivity (Wildman–Crippen MR) is 54.6 cm³/mol. The highest BCUT2D eigenvalue weighted by Crippen LogP contribution is 2.21. The second-order valence-electron chi connectivity index (χ2n) is 3.20. The molecule has 1 aromatic heterocycles. The first kappa shape index (κ1) is 13.1. The van der Waals surface area contributed by atoms with E-state index in [-0.39, 0.29) is 13.0 Å². The Morgan fingerprint density at radius 2 is 2.12 bits per heavy atom. The zero-order valence-electron chi connectivity index (χ0n) is 8.43. The van der Waals surface area contributed by atoms with Gasteiger partial charge in [0.2, 0.25) is 5.88 Å². The van der Waals surface area contributed by atoms with Crippen molar-refractivity contribution in [1.29, 1.82) is 0 Å². The second-order valence-corrected chi connectivity index (χ2v) is 3.47. The average Bonchev–Trinajstić information content (AvgIpc) is 2.23. The number of alkyl halides is 4. The van der Waals surface area contributed by atoms with E-state index in [0.29, 0.717) is 11.8 Å². The van der Waals surface area contributed by atoms with Crippen molar-refractivity contribution in [2.45, 2.75) is 24.9 Å². The first-order valence-corrected chi connectivity index (χ1v) is 5.25. The quantitative estimate of drug-likeness (QED) is 0.591. The first-order valence-electron chi connectivity index (χ1n) is 4.72. The van der Waals surface area contributed by atoms with Gasteiger partial charge >= 0.3 is 6.18 Å². The van der Waals surface area contributed by atoms with Gasteiger partial charge in [-0.05, 0) is 18.1 Å². The number of ether oxygens (including phenoxy) is 1. The number of hydrogen-bond acceptors (Lipinski definition) is 2. The first-order chi connectivity index (χ1) is 7.51. The summed E-state index contributed by atoms with van der Waals surface area (Å²) in [5.74, 6) is 0.627. The SMILES string of the molecule is FC(F)(F)CCCOc1cc(CCl)ccn1. The summed E-state index contributed by atoms with van der Waals surface area (Å²) in [6.07, 6.45) is -3.54. The predicted octanol–water partition coefficient (Wildman–Crippen LogP) is 3.54. The lowest BCUT2D eigenvalue weighted by molar-refractivity contribution is -0.136. The van der Waals surface area contributed by atoms with Gasteiger partial charge < -0.3 is 4.74 Å². The number of pyridine rings is 1. The monoisotopic (exact) mass is 253 g/mol. The van der Waals surface area contributed by atoms with Gasteiger partial charge in [-0.3, -0.25) is 0 Å². The third-order valence-electron chi connectivity index (χ3n) is 1.81. The van der Waals surface area contributed by atoms with Gasteiger partial charge in [0, 0.05) is 24.6 Å². The van der Waals surface area contributed by atoms with E-state index < -0.39 is 12.6 Å². The third-order valence-corrected chi connectivity index (χ3v) is 2.12. The fourth-order valence-electron chi connectivity index (χ4n) is 1.06. The summed E-state index contributed by atoms with van der Waals surface area (Å²) in [4.78, 5) is 3.86. The minimum atomic E-state index is -4.13. The maximum Gasteiger partial charge on any atom is 0.389 e. The summed E-state index contributed by atoms with van der Waals surface area (Å²) in [6.45, 7) is -0.00174. The molecule has 0 aliphatic heterocycles. The van der Waals surface area contributed by atoms with Gasteiger partial charge in [0.1, 0.15) is 0 Å². The molecule has 1 rings (SSSR count). The minimum absolute atomic E-state index is 0.00174. The highest BCUT2D eigenvalue weighted by atomic mass is 35.5. The van der Waals surface area contributed by atoms with Crippen LogP contribution in [0.4, 0.5) is 13.2 Å². The number of halogens is 4. The molecule has 1 heterocycles. The molecule has 0 radical (unpaired) electrons. The van der Waals surface area contributed by atoms with Crippen LogP contribution in [0.1, 0.15) is 18.4 Å². The second kappa shape index (κ2) is 5.94. The summed E-state index contributed by atoms with van der Waals surface area (Å²) in [5, 5.41) is 0. The van der Waals surface area contributed by atoms with E-state index in [1.807, 2.05) is 0 Å². The number of hydrogen-bond donors (Lipinski definition) is 0. The van der Waals surface area contributed by atoms with E-state index in [1.54, 1.807) is 12.1 Å². The Morgan fingerprint density at radius 1 is 1.38 bits per heavy atom. The van der Waals surface area contributed by atoms with Crippen molar-refractivity contribution in [2.24, 2.45) is 0 Å². The van der Waals surface area contributed by atoms with Gasteiger partial charge in [-0.2, -0.15) is 13.2 Å². The van der Waals surface area contributed by atoms with Crippen LogP contribution in [0.5, 0.6) is 5.88 Å². The lowest BCUT2D eigenvalue weighted by Crippen LogP contribution is -2.10. The molecule has 6 heteroatoms. The van der Waals surface area contributed by atoms with Gasteiger partial charge in [0.05, 0.1) is 6.61 Å². The molecule has 2 nitrogen and oxygen atoms in total. The van der Waals surface area contributed by atoms with Crippen molar-refractivity contribution in [3.8, 4) is 5.88 Å². The summed E-state index contributed by atoms with van der Waals surface area (Å²) < 4.78 is 40.5. The Labute approximate surface area is 96.4 Å². The molecule has 0 aliphatic rings. The standard InChI is InChI=1S/C10H11ClF3NO/c11-7-8-2-4-15-9(6-8)16-5-1-3-10(12,13)14/h2,4,6H,1,3,5,7H2. The summed E-state index contributed by atoms with van der Waals surface area (Å²) in [6, 6.07) is 3.33. The van der Waals surface area contributed by atoms with E-state index in [2.05, 4.69) is 4.98 Å². The van der Waals surface area contributed by atoms with Crippen LogP contribution in [0.15, 0.2) is 18.3 Å². The molecule has 0 amide bonds. The summed E-state index contributed by atoms with van der Waals surface area (Å²) in [7, 11) is 0. The Kier molecular flexibility index (Phi) is 4.86. The normalized spacial score (nSPS) is 11.5. The molecule has 0 aromatic carbocycles. The number of aromatic nitrogens is 1. The van der Waals surface area contributed by atoms with Crippen molar-refractivity contribution >= 4 is 11.6 Å². The summed E-state index contributed by atoms with van der Waals surface area (Å²) in [5.41, 5.74) is 0.822. The molecule has 0 saturated heterocycles. The Bertz CT molecular complexity index is 330. The minimum Gasteiger partial charge on any atom is -0.478 e. The van der Waals surface area contributed by atoms with Crippen LogP contribution in [-0.4, -0.2) is 17.8 Å². The van der Waals surface area contributed by atoms with Crippen LogP contribution < -0.4 is 4.74 Å². The van der Waals surface area contributed by atoms with E-state index in [9.17, 15) is 13.2 Å². The highest BCUT2D eigenvalue weighted by molar-refractivity contribution is 6.17. The number of rotatable bonds is 5. The van der Waals surface area contributed by atoms with Crippen LogP contribution in [0.3, 0.4) is 0 Å². The zero-order chi connectivity index (χ0) is 12.0. The van der Waals surface area contributed by atoms with Gasteiger partial charge in [-0.25, -0.2) is 4.98 Å². The fraction of sp³-hybridized carbons (Fsp3) is 0.500. The van der Waals surface area contributed by atoms with Crippen molar-refractivity contribution < 1.29 is 17.9 Å². The lowest BCUT2D eigenvalue weighted by atomic mass is 10.3. The largest absolute Gasteiger partial charge is 0.478 e. The van der Waals surface area contributed by atoms with Gasteiger partial charge in [0.15, 0.2) is 0 Å². The lowest BCUT2D eigenvalue weighted by Gasteiger charge is -2.07. The Balaban J connectivity index is 2.32. The van der Waals surface area contributed by atoms with Gasteiger partial charge in [-0.15, -0.1) is 11.6 Å². The number of nitrogens with zero attached hydrogens (tertiary/aromatic N) is 1. The van der Waals surface area contributed by atoms with Crippen LogP contribution in [0.25, 0.3) is 0 Å². The Morgan fingerprint density at radius 3 is 2.75 bits per heavy atom. The maximum atomic E-state index is 11.8. The molecule has 0 N–H and O–H groups in total. The van der Waals surface area contributed by atoms with Crippen molar-refractivity contribution in [1.82, 2.24) is 4.98 Å².